The fraction of sp³-hybridized carbons (Fsp3) is 0.167. The molecule has 0 saturated heterocycles. The molecule has 0 unspecified atom stereocenters. The van der Waals surface area contributed by atoms with Gasteiger partial charge < -0.3 is 14.9 Å². The third-order valence-electron chi connectivity index (χ3n) is 2.11. The standard InChI is InChI=1S/C12H10N2O3S/c1-8-5-11(18-10(8)3-2-4-15)12(16)14-9-6-13-17-7-9/h5-7,15H,4H2,1H3,(H,14,16). The van der Waals surface area contributed by atoms with Crippen molar-refractivity contribution in [2.75, 3.05) is 11.9 Å². The Morgan fingerprint density at radius 3 is 3.17 bits per heavy atom. The summed E-state index contributed by atoms with van der Waals surface area (Å²) < 4.78 is 4.62. The molecule has 0 bridgehead atoms. The Hall–Kier alpha value is -2.10. The first-order valence-electron chi connectivity index (χ1n) is 5.11. The van der Waals surface area contributed by atoms with Gasteiger partial charge in [-0.05, 0) is 18.6 Å². The van der Waals surface area contributed by atoms with E-state index in [1.807, 2.05) is 6.92 Å². The highest BCUT2D eigenvalue weighted by Crippen LogP contribution is 2.22. The van der Waals surface area contributed by atoms with Crippen LogP contribution in [0.15, 0.2) is 23.0 Å². The van der Waals surface area contributed by atoms with Crippen molar-refractivity contribution in [1.82, 2.24) is 5.16 Å². The Morgan fingerprint density at radius 1 is 1.67 bits per heavy atom. The summed E-state index contributed by atoms with van der Waals surface area (Å²) in [6, 6.07) is 1.76. The zero-order chi connectivity index (χ0) is 13.0. The van der Waals surface area contributed by atoms with Gasteiger partial charge in [-0.25, -0.2) is 0 Å². The Bertz CT molecular complexity index is 605. The van der Waals surface area contributed by atoms with E-state index in [4.69, 9.17) is 5.11 Å². The molecule has 0 saturated carbocycles. The molecule has 0 aromatic carbocycles. The van der Waals surface area contributed by atoms with Crippen molar-refractivity contribution in [3.8, 4) is 11.8 Å². The number of aromatic nitrogens is 1. The normalized spacial score (nSPS) is 9.67. The van der Waals surface area contributed by atoms with Gasteiger partial charge in [-0.1, -0.05) is 17.0 Å². The van der Waals surface area contributed by atoms with Gasteiger partial charge in [0.1, 0.15) is 18.6 Å². The van der Waals surface area contributed by atoms with Crippen molar-refractivity contribution in [3.63, 3.8) is 0 Å². The van der Waals surface area contributed by atoms with Gasteiger partial charge in [0, 0.05) is 0 Å². The predicted molar refractivity (Wildman–Crippen MR) is 67.5 cm³/mol. The number of amides is 1. The number of hydrogen-bond acceptors (Lipinski definition) is 5. The van der Waals surface area contributed by atoms with Gasteiger partial charge >= 0.3 is 0 Å². The average molecular weight is 262 g/mol. The summed E-state index contributed by atoms with van der Waals surface area (Å²) in [6.45, 7) is 1.67. The number of nitrogens with one attached hydrogen (secondary N) is 1. The molecule has 18 heavy (non-hydrogen) atoms. The van der Waals surface area contributed by atoms with Gasteiger partial charge in [0.15, 0.2) is 0 Å². The predicted octanol–water partition coefficient (Wildman–Crippen LogP) is 1.64. The molecule has 0 radical (unpaired) electrons. The molecule has 2 N–H and O–H groups in total. The Labute approximate surface area is 107 Å². The summed E-state index contributed by atoms with van der Waals surface area (Å²) in [4.78, 5) is 13.2. The Kier molecular flexibility index (Phi) is 3.77. The number of aryl methyl sites for hydroxylation is 1. The van der Waals surface area contributed by atoms with Crippen LogP contribution in [0.1, 0.15) is 20.1 Å². The molecule has 0 fully saturated rings. The van der Waals surface area contributed by atoms with Crippen molar-refractivity contribution >= 4 is 22.9 Å². The summed E-state index contributed by atoms with van der Waals surface area (Å²) in [5.74, 6) is 5.13. The van der Waals surface area contributed by atoms with Crippen LogP contribution in [-0.4, -0.2) is 22.8 Å². The molecule has 5 nitrogen and oxygen atoms in total. The molecule has 1 amide bonds. The molecular formula is C12H10N2O3S. The van der Waals surface area contributed by atoms with E-state index in [0.717, 1.165) is 10.4 Å². The summed E-state index contributed by atoms with van der Waals surface area (Å²) >= 11 is 1.28. The number of aliphatic hydroxyl groups is 1. The topological polar surface area (TPSA) is 75.4 Å². The number of anilines is 1. The largest absolute Gasteiger partial charge is 0.384 e. The average Bonchev–Trinajstić information content (AvgIpc) is 2.96. The number of carbonyl (C=O) groups excluding carboxylic acids is 1. The lowest BCUT2D eigenvalue weighted by atomic mass is 10.2. The third-order valence-corrected chi connectivity index (χ3v) is 3.26. The highest BCUT2D eigenvalue weighted by atomic mass is 32.1. The van der Waals surface area contributed by atoms with Crippen LogP contribution in [0.5, 0.6) is 0 Å². The molecule has 2 heterocycles. The number of nitrogens with zero attached hydrogens (tertiary/aromatic N) is 1. The van der Waals surface area contributed by atoms with Crippen LogP contribution in [-0.2, 0) is 0 Å². The minimum Gasteiger partial charge on any atom is -0.384 e. The fourth-order valence-corrected chi connectivity index (χ4v) is 2.24. The van der Waals surface area contributed by atoms with Crippen LogP contribution in [0.3, 0.4) is 0 Å². The lowest BCUT2D eigenvalue weighted by Gasteiger charge is -1.96. The molecule has 6 heteroatoms. The number of aliphatic hydroxyl groups excluding tert-OH is 1. The molecular weight excluding hydrogens is 252 g/mol. The molecule has 0 aliphatic rings. The minimum atomic E-state index is -0.233. The maximum Gasteiger partial charge on any atom is 0.265 e. The lowest BCUT2D eigenvalue weighted by molar-refractivity contribution is 0.103. The van der Waals surface area contributed by atoms with E-state index >= 15 is 0 Å². The van der Waals surface area contributed by atoms with Crippen LogP contribution < -0.4 is 5.32 Å². The second-order valence-electron chi connectivity index (χ2n) is 3.45. The minimum absolute atomic E-state index is 0.195. The van der Waals surface area contributed by atoms with Gasteiger partial charge in [-0.15, -0.1) is 11.3 Å². The quantitative estimate of drug-likeness (QED) is 0.807. The van der Waals surface area contributed by atoms with Gasteiger partial charge in [0.2, 0.25) is 0 Å². The third kappa shape index (κ3) is 2.77. The van der Waals surface area contributed by atoms with Crippen LogP contribution in [0.4, 0.5) is 5.69 Å². The Balaban J connectivity index is 2.16. The van der Waals surface area contributed by atoms with Crippen molar-refractivity contribution < 1.29 is 14.4 Å². The molecule has 92 valence electrons. The summed E-state index contributed by atoms with van der Waals surface area (Å²) in [6.07, 6.45) is 2.77. The zero-order valence-corrected chi connectivity index (χ0v) is 10.4. The van der Waals surface area contributed by atoms with Crippen LogP contribution in [0.2, 0.25) is 0 Å². The molecule has 0 aliphatic heterocycles. The zero-order valence-electron chi connectivity index (χ0n) is 9.56. The number of hydrogen-bond donors (Lipinski definition) is 2. The lowest BCUT2D eigenvalue weighted by Crippen LogP contribution is -2.09. The second kappa shape index (κ2) is 5.49. The SMILES string of the molecule is Cc1cc(C(=O)Nc2cnoc2)sc1C#CCO. The van der Waals surface area contributed by atoms with Gasteiger partial charge in [0.05, 0.1) is 16.0 Å². The van der Waals surface area contributed by atoms with E-state index in [9.17, 15) is 4.79 Å². The second-order valence-corrected chi connectivity index (χ2v) is 4.50. The number of rotatable bonds is 2. The first-order chi connectivity index (χ1) is 8.70. The van der Waals surface area contributed by atoms with Gasteiger partial charge in [-0.2, -0.15) is 0 Å². The number of thiophene rings is 1. The highest BCUT2D eigenvalue weighted by molar-refractivity contribution is 7.14. The van der Waals surface area contributed by atoms with Gasteiger partial charge in [0.25, 0.3) is 5.91 Å². The van der Waals surface area contributed by atoms with Crippen LogP contribution >= 0.6 is 11.3 Å². The van der Waals surface area contributed by atoms with E-state index in [1.54, 1.807) is 6.07 Å². The van der Waals surface area contributed by atoms with E-state index in [2.05, 4.69) is 26.8 Å². The molecule has 0 aliphatic carbocycles. The monoisotopic (exact) mass is 262 g/mol. The highest BCUT2D eigenvalue weighted by Gasteiger charge is 2.12. The Morgan fingerprint density at radius 2 is 2.50 bits per heavy atom. The fourth-order valence-electron chi connectivity index (χ4n) is 1.30. The van der Waals surface area contributed by atoms with Crippen molar-refractivity contribution in [2.24, 2.45) is 0 Å². The smallest absolute Gasteiger partial charge is 0.265 e. The molecule has 2 rings (SSSR count). The van der Waals surface area contributed by atoms with Crippen LogP contribution in [0, 0.1) is 18.8 Å². The van der Waals surface area contributed by atoms with E-state index in [1.165, 1.54) is 23.8 Å². The first-order valence-corrected chi connectivity index (χ1v) is 5.93. The molecule has 0 atom stereocenters. The summed E-state index contributed by atoms with van der Waals surface area (Å²) in [5.41, 5.74) is 1.42. The maximum atomic E-state index is 11.9. The first kappa shape index (κ1) is 12.4. The molecule has 0 spiro atoms. The van der Waals surface area contributed by atoms with Crippen molar-refractivity contribution in [1.29, 1.82) is 0 Å². The molecule has 2 aromatic heterocycles. The van der Waals surface area contributed by atoms with E-state index in [0.29, 0.717) is 10.6 Å². The van der Waals surface area contributed by atoms with Crippen LogP contribution in [0.25, 0.3) is 0 Å². The van der Waals surface area contributed by atoms with E-state index in [-0.39, 0.29) is 12.5 Å². The van der Waals surface area contributed by atoms with Gasteiger partial charge in [-0.3, -0.25) is 4.79 Å². The summed E-state index contributed by atoms with van der Waals surface area (Å²) in [5, 5.41) is 14.8. The number of carbonyl (C=O) groups is 1. The van der Waals surface area contributed by atoms with Crippen molar-refractivity contribution in [2.45, 2.75) is 6.92 Å². The maximum absolute atomic E-state index is 11.9. The molecule has 2 aromatic rings. The summed E-state index contributed by atoms with van der Waals surface area (Å²) in [7, 11) is 0. The van der Waals surface area contributed by atoms with Crippen molar-refractivity contribution in [3.05, 3.63) is 33.8 Å². The van der Waals surface area contributed by atoms with E-state index < -0.39 is 0 Å².